The lowest BCUT2D eigenvalue weighted by molar-refractivity contribution is -0.133. The zero-order chi connectivity index (χ0) is 19.8. The van der Waals surface area contributed by atoms with E-state index in [2.05, 4.69) is 41.0 Å². The van der Waals surface area contributed by atoms with E-state index in [4.69, 9.17) is 9.47 Å². The summed E-state index contributed by atoms with van der Waals surface area (Å²) in [5.74, 6) is 1.87. The van der Waals surface area contributed by atoms with E-state index in [9.17, 15) is 4.79 Å². The van der Waals surface area contributed by atoms with Gasteiger partial charge in [0.1, 0.15) is 13.2 Å². The van der Waals surface area contributed by atoms with Gasteiger partial charge in [0, 0.05) is 22.3 Å². The van der Waals surface area contributed by atoms with Gasteiger partial charge in [-0.3, -0.25) is 9.69 Å². The van der Waals surface area contributed by atoms with E-state index in [1.165, 1.54) is 16.2 Å². The number of ether oxygens (including phenoxy) is 2. The minimum atomic E-state index is 0.142. The van der Waals surface area contributed by atoms with Crippen molar-refractivity contribution in [3.8, 4) is 11.5 Å². The summed E-state index contributed by atoms with van der Waals surface area (Å²) in [5.41, 5.74) is 1.16. The highest BCUT2D eigenvalue weighted by Crippen LogP contribution is 2.39. The maximum atomic E-state index is 13.3. The van der Waals surface area contributed by atoms with Gasteiger partial charge >= 0.3 is 0 Å². The number of aryl methyl sites for hydroxylation is 1. The largest absolute Gasteiger partial charge is 0.486 e. The monoisotopic (exact) mass is 412 g/mol. The molecule has 1 aromatic heterocycles. The number of amides is 1. The van der Waals surface area contributed by atoms with Gasteiger partial charge in [0.15, 0.2) is 11.5 Å². The number of fused-ring (bicyclic) bond motifs is 1. The van der Waals surface area contributed by atoms with Gasteiger partial charge in [-0.1, -0.05) is 6.07 Å². The van der Waals surface area contributed by atoms with Crippen LogP contribution in [0.5, 0.6) is 11.5 Å². The zero-order valence-electron chi connectivity index (χ0n) is 16.9. The van der Waals surface area contributed by atoms with Crippen molar-refractivity contribution < 1.29 is 14.3 Å². The highest BCUT2D eigenvalue weighted by Gasteiger charge is 2.34. The van der Waals surface area contributed by atoms with Gasteiger partial charge in [0.25, 0.3) is 0 Å². The highest BCUT2D eigenvalue weighted by molar-refractivity contribution is 7.12. The minimum Gasteiger partial charge on any atom is -0.486 e. The van der Waals surface area contributed by atoms with Gasteiger partial charge < -0.3 is 14.4 Å². The molecule has 2 saturated heterocycles. The number of likely N-dealkylation sites (tertiary alicyclic amines) is 2. The molecular weight excluding hydrogens is 384 g/mol. The van der Waals surface area contributed by atoms with E-state index < -0.39 is 0 Å². The first-order valence-electron chi connectivity index (χ1n) is 10.7. The molecule has 5 rings (SSSR count). The first-order chi connectivity index (χ1) is 14.2. The van der Waals surface area contributed by atoms with Crippen molar-refractivity contribution in [3.63, 3.8) is 0 Å². The Hall–Kier alpha value is -2.05. The predicted octanol–water partition coefficient (Wildman–Crippen LogP) is 4.33. The summed E-state index contributed by atoms with van der Waals surface area (Å²) in [6.45, 7) is 5.71. The van der Waals surface area contributed by atoms with Crippen molar-refractivity contribution in [1.82, 2.24) is 9.80 Å². The molecule has 1 amide bonds. The molecular formula is C23H28N2O3S. The standard InChI is InChI=1S/C23H28N2O3S/c1-16-6-9-22(29-16)19-5-2-10-24(19)15-23(26)25-11-3-4-18(25)17-7-8-20-21(14-17)28-13-12-27-20/h6-9,14,18-19H,2-5,10-13,15H2,1H3. The normalized spacial score (nSPS) is 24.2. The molecule has 0 spiro atoms. The Labute approximate surface area is 176 Å². The fourth-order valence-electron chi connectivity index (χ4n) is 4.91. The van der Waals surface area contributed by atoms with Crippen molar-refractivity contribution >= 4 is 17.2 Å². The molecule has 29 heavy (non-hydrogen) atoms. The number of benzene rings is 1. The molecule has 2 unspecified atom stereocenters. The predicted molar refractivity (Wildman–Crippen MR) is 114 cm³/mol. The first-order valence-corrected chi connectivity index (χ1v) is 11.5. The van der Waals surface area contributed by atoms with Crippen LogP contribution in [0, 0.1) is 6.92 Å². The van der Waals surface area contributed by atoms with Gasteiger partial charge in [-0.2, -0.15) is 0 Å². The Morgan fingerprint density at radius 2 is 1.83 bits per heavy atom. The van der Waals surface area contributed by atoms with Crippen LogP contribution in [0.25, 0.3) is 0 Å². The third-order valence-electron chi connectivity index (χ3n) is 6.32. The maximum Gasteiger partial charge on any atom is 0.237 e. The summed E-state index contributed by atoms with van der Waals surface area (Å²) in [4.78, 5) is 20.5. The van der Waals surface area contributed by atoms with Gasteiger partial charge in [0.05, 0.1) is 12.6 Å². The summed E-state index contributed by atoms with van der Waals surface area (Å²) in [6.07, 6.45) is 4.39. The van der Waals surface area contributed by atoms with E-state index in [1.54, 1.807) is 0 Å². The second kappa shape index (κ2) is 8.00. The Morgan fingerprint density at radius 1 is 1.03 bits per heavy atom. The van der Waals surface area contributed by atoms with Crippen LogP contribution in [-0.2, 0) is 4.79 Å². The summed E-state index contributed by atoms with van der Waals surface area (Å²) in [7, 11) is 0. The lowest BCUT2D eigenvalue weighted by atomic mass is 10.0. The second-order valence-electron chi connectivity index (χ2n) is 8.23. The molecule has 6 heteroatoms. The van der Waals surface area contributed by atoms with E-state index in [-0.39, 0.29) is 11.9 Å². The molecule has 3 aliphatic heterocycles. The highest BCUT2D eigenvalue weighted by atomic mass is 32.1. The number of nitrogens with zero attached hydrogens (tertiary/aromatic N) is 2. The molecule has 2 aromatic rings. The number of rotatable bonds is 4. The zero-order valence-corrected chi connectivity index (χ0v) is 17.7. The Kier molecular flexibility index (Phi) is 5.22. The van der Waals surface area contributed by atoms with Gasteiger partial charge in [-0.25, -0.2) is 0 Å². The second-order valence-corrected chi connectivity index (χ2v) is 9.54. The van der Waals surface area contributed by atoms with Crippen LogP contribution in [0.15, 0.2) is 30.3 Å². The van der Waals surface area contributed by atoms with Crippen molar-refractivity contribution in [2.75, 3.05) is 32.8 Å². The number of hydrogen-bond acceptors (Lipinski definition) is 5. The lowest BCUT2D eigenvalue weighted by Crippen LogP contribution is -2.39. The third-order valence-corrected chi connectivity index (χ3v) is 7.42. The van der Waals surface area contributed by atoms with Crippen LogP contribution in [0.4, 0.5) is 0 Å². The topological polar surface area (TPSA) is 42.0 Å². The first kappa shape index (κ1) is 18.9. The van der Waals surface area contributed by atoms with Crippen LogP contribution in [0.2, 0.25) is 0 Å². The molecule has 4 heterocycles. The number of thiophene rings is 1. The average molecular weight is 413 g/mol. The number of carbonyl (C=O) groups is 1. The average Bonchev–Trinajstić information content (AvgIpc) is 3.48. The van der Waals surface area contributed by atoms with E-state index in [1.807, 2.05) is 17.4 Å². The third kappa shape index (κ3) is 3.76. The minimum absolute atomic E-state index is 0.142. The summed E-state index contributed by atoms with van der Waals surface area (Å²) >= 11 is 1.87. The number of carbonyl (C=O) groups excluding carboxylic acids is 1. The van der Waals surface area contributed by atoms with Crippen molar-refractivity contribution in [1.29, 1.82) is 0 Å². The van der Waals surface area contributed by atoms with Gasteiger partial charge in [0.2, 0.25) is 5.91 Å². The van der Waals surface area contributed by atoms with E-state index in [0.717, 1.165) is 49.4 Å². The molecule has 2 fully saturated rings. The molecule has 0 saturated carbocycles. The lowest BCUT2D eigenvalue weighted by Gasteiger charge is -2.30. The maximum absolute atomic E-state index is 13.3. The fraction of sp³-hybridized carbons (Fsp3) is 0.522. The van der Waals surface area contributed by atoms with Crippen LogP contribution >= 0.6 is 11.3 Å². The van der Waals surface area contributed by atoms with Crippen molar-refractivity contribution in [3.05, 3.63) is 45.6 Å². The van der Waals surface area contributed by atoms with Gasteiger partial charge in [-0.05, 0) is 69.0 Å². The summed E-state index contributed by atoms with van der Waals surface area (Å²) < 4.78 is 11.4. The Bertz CT molecular complexity index is 896. The van der Waals surface area contributed by atoms with Crippen LogP contribution in [-0.4, -0.2) is 48.6 Å². The van der Waals surface area contributed by atoms with Crippen LogP contribution in [0.3, 0.4) is 0 Å². The SMILES string of the molecule is Cc1ccc(C2CCCN2CC(=O)N2CCCC2c2ccc3c(c2)OCCO3)s1. The number of hydrogen-bond donors (Lipinski definition) is 0. The molecule has 0 N–H and O–H groups in total. The summed E-state index contributed by atoms with van der Waals surface area (Å²) in [6, 6.07) is 11.1. The fourth-order valence-corrected chi connectivity index (χ4v) is 5.96. The van der Waals surface area contributed by atoms with Gasteiger partial charge in [-0.15, -0.1) is 11.3 Å². The smallest absolute Gasteiger partial charge is 0.237 e. The quantitative estimate of drug-likeness (QED) is 0.750. The van der Waals surface area contributed by atoms with E-state index >= 15 is 0 Å². The molecule has 154 valence electrons. The van der Waals surface area contributed by atoms with Crippen molar-refractivity contribution in [2.24, 2.45) is 0 Å². The molecule has 5 nitrogen and oxygen atoms in total. The van der Waals surface area contributed by atoms with Crippen LogP contribution in [0.1, 0.15) is 53.1 Å². The molecule has 2 atom stereocenters. The molecule has 0 aliphatic carbocycles. The Balaban J connectivity index is 1.30. The molecule has 3 aliphatic rings. The summed E-state index contributed by atoms with van der Waals surface area (Å²) in [5, 5.41) is 0. The van der Waals surface area contributed by atoms with Crippen LogP contribution < -0.4 is 9.47 Å². The molecule has 0 radical (unpaired) electrons. The molecule has 0 bridgehead atoms. The molecule has 1 aromatic carbocycles. The van der Waals surface area contributed by atoms with Crippen molar-refractivity contribution in [2.45, 2.75) is 44.7 Å². The van der Waals surface area contributed by atoms with E-state index in [0.29, 0.717) is 25.8 Å². The Morgan fingerprint density at radius 3 is 2.66 bits per heavy atom.